The molecule has 1 saturated heterocycles. The van der Waals surface area contributed by atoms with Crippen LogP contribution in [0, 0.1) is 20.8 Å². The number of amides is 1. The quantitative estimate of drug-likeness (QED) is 0.462. The van der Waals surface area contributed by atoms with Crippen molar-refractivity contribution in [2.24, 2.45) is 0 Å². The smallest absolute Gasteiger partial charge is 0.281 e. The Balaban J connectivity index is 1.31. The molecule has 0 unspecified atom stereocenters. The Hall–Kier alpha value is -3.81. The van der Waals surface area contributed by atoms with Gasteiger partial charge in [-0.05, 0) is 57.2 Å². The number of hydrogen-bond acceptors (Lipinski definition) is 5. The Morgan fingerprint density at radius 1 is 1.06 bits per heavy atom. The topological polar surface area (TPSA) is 96.8 Å². The highest BCUT2D eigenvalue weighted by molar-refractivity contribution is 5.84. The number of carbonyl (C=O) groups excluding carboxylic acids is 1. The summed E-state index contributed by atoms with van der Waals surface area (Å²) >= 11 is 0. The molecule has 36 heavy (non-hydrogen) atoms. The number of aromatic nitrogens is 5. The molecule has 0 bridgehead atoms. The van der Waals surface area contributed by atoms with Crippen molar-refractivity contribution >= 4 is 17.1 Å². The Bertz CT molecular complexity index is 1460. The molecule has 3 heterocycles. The maximum absolute atomic E-state index is 13.3. The highest BCUT2D eigenvalue weighted by Gasteiger charge is 2.29. The molecule has 1 aliphatic heterocycles. The van der Waals surface area contributed by atoms with Gasteiger partial charge in [0.05, 0.1) is 12.5 Å². The van der Waals surface area contributed by atoms with Gasteiger partial charge in [-0.25, -0.2) is 9.67 Å². The van der Waals surface area contributed by atoms with Crippen molar-refractivity contribution < 1.29 is 4.79 Å². The zero-order chi connectivity index (χ0) is 25.4. The van der Waals surface area contributed by atoms with Gasteiger partial charge in [-0.3, -0.25) is 9.59 Å². The average molecular weight is 485 g/mol. The number of H-pyrrole nitrogens is 1. The van der Waals surface area contributed by atoms with E-state index in [1.807, 2.05) is 30.9 Å². The highest BCUT2D eigenvalue weighted by Crippen LogP contribution is 2.29. The predicted octanol–water partition coefficient (Wildman–Crippen LogP) is 4.00. The van der Waals surface area contributed by atoms with Crippen molar-refractivity contribution in [3.8, 4) is 0 Å². The van der Waals surface area contributed by atoms with E-state index < -0.39 is 0 Å². The lowest BCUT2D eigenvalue weighted by Gasteiger charge is -2.33. The second-order valence-corrected chi connectivity index (χ2v) is 10.0. The summed E-state index contributed by atoms with van der Waals surface area (Å²) in [7, 11) is 0. The van der Waals surface area contributed by atoms with E-state index in [1.165, 1.54) is 5.56 Å². The van der Waals surface area contributed by atoms with Crippen LogP contribution in [0.15, 0.2) is 47.3 Å². The van der Waals surface area contributed by atoms with E-state index in [2.05, 4.69) is 59.5 Å². The molecule has 1 N–H and O–H groups in total. The van der Waals surface area contributed by atoms with Crippen molar-refractivity contribution in [1.29, 1.82) is 0 Å². The maximum Gasteiger partial charge on any atom is 0.281 e. The minimum absolute atomic E-state index is 0.0740. The van der Waals surface area contributed by atoms with E-state index in [-0.39, 0.29) is 28.8 Å². The summed E-state index contributed by atoms with van der Waals surface area (Å²) in [6, 6.07) is 14.5. The number of likely N-dealkylation sites (tertiary alicyclic amines) is 1. The Labute approximate surface area is 210 Å². The van der Waals surface area contributed by atoms with E-state index in [4.69, 9.17) is 4.98 Å². The first-order chi connectivity index (χ1) is 17.3. The third-order valence-corrected chi connectivity index (χ3v) is 7.31. The summed E-state index contributed by atoms with van der Waals surface area (Å²) in [6.45, 7) is 9.93. The van der Waals surface area contributed by atoms with Crippen LogP contribution in [0.5, 0.6) is 0 Å². The van der Waals surface area contributed by atoms with Gasteiger partial charge in [0.1, 0.15) is 5.82 Å². The second kappa shape index (κ2) is 9.68. The minimum Gasteiger partial charge on any atom is -0.342 e. The van der Waals surface area contributed by atoms with Gasteiger partial charge < -0.3 is 9.88 Å². The van der Waals surface area contributed by atoms with E-state index in [9.17, 15) is 9.59 Å². The number of nitrogens with one attached hydrogen (secondary N) is 1. The normalized spacial score (nSPS) is 15.4. The van der Waals surface area contributed by atoms with Gasteiger partial charge in [-0.1, -0.05) is 58.8 Å². The monoisotopic (exact) mass is 484 g/mol. The van der Waals surface area contributed by atoms with E-state index in [0.29, 0.717) is 31.1 Å². The van der Waals surface area contributed by atoms with Crippen molar-refractivity contribution in [1.82, 2.24) is 29.9 Å². The van der Waals surface area contributed by atoms with Gasteiger partial charge in [0, 0.05) is 19.0 Å². The maximum atomic E-state index is 13.3. The molecule has 0 spiro atoms. The van der Waals surface area contributed by atoms with Gasteiger partial charge in [-0.2, -0.15) is 0 Å². The molecule has 1 fully saturated rings. The van der Waals surface area contributed by atoms with E-state index in [1.54, 1.807) is 4.68 Å². The van der Waals surface area contributed by atoms with Crippen LogP contribution >= 0.6 is 0 Å². The number of aromatic amines is 1. The van der Waals surface area contributed by atoms with Crippen LogP contribution in [0.25, 0.3) is 11.2 Å². The Morgan fingerprint density at radius 2 is 1.75 bits per heavy atom. The molecule has 1 atom stereocenters. The molecule has 0 saturated carbocycles. The molecule has 2 aromatic heterocycles. The summed E-state index contributed by atoms with van der Waals surface area (Å²) in [5, 5.41) is 8.26. The largest absolute Gasteiger partial charge is 0.342 e. The fourth-order valence-corrected chi connectivity index (χ4v) is 5.06. The lowest BCUT2D eigenvalue weighted by Crippen LogP contribution is -2.40. The number of fused-ring (bicyclic) bond motifs is 1. The zero-order valence-corrected chi connectivity index (χ0v) is 21.3. The van der Waals surface area contributed by atoms with Gasteiger partial charge in [-0.15, -0.1) is 5.10 Å². The van der Waals surface area contributed by atoms with Crippen LogP contribution in [0.2, 0.25) is 0 Å². The van der Waals surface area contributed by atoms with Crippen molar-refractivity contribution in [3.05, 3.63) is 86.5 Å². The van der Waals surface area contributed by atoms with E-state index >= 15 is 0 Å². The summed E-state index contributed by atoms with van der Waals surface area (Å²) in [6.07, 6.45) is 1.50. The molecule has 8 heteroatoms. The van der Waals surface area contributed by atoms with E-state index in [0.717, 1.165) is 35.1 Å². The van der Waals surface area contributed by atoms with Gasteiger partial charge in [0.25, 0.3) is 5.56 Å². The van der Waals surface area contributed by atoms with Gasteiger partial charge in [0.15, 0.2) is 11.2 Å². The SMILES string of the molecule is Cc1ccc(Cn2nnc3c(=O)[nH]c(C4CCN(C(=O)[C@@H](C)c5cc(C)ccc5C)CC4)nc32)cc1. The minimum atomic E-state index is -0.271. The fourth-order valence-electron chi connectivity index (χ4n) is 5.06. The standard InChI is InChI=1S/C28H32N6O2/c1-17-6-9-21(10-7-17)16-34-26-24(31-32-34)27(35)30-25(29-26)22-11-13-33(14-12-22)28(36)20(4)23-15-18(2)5-8-19(23)3/h5-10,15,20,22H,11-14,16H2,1-4H3,(H,29,30,35)/t20-/m0/s1. The number of hydrogen-bond donors (Lipinski definition) is 1. The number of carbonyl (C=O) groups is 1. The van der Waals surface area contributed by atoms with Gasteiger partial charge in [0.2, 0.25) is 5.91 Å². The Kier molecular flexibility index (Phi) is 6.43. The lowest BCUT2D eigenvalue weighted by molar-refractivity contribution is -0.133. The van der Waals surface area contributed by atoms with Crippen LogP contribution in [-0.4, -0.2) is 48.9 Å². The molecule has 2 aromatic carbocycles. The van der Waals surface area contributed by atoms with Crippen molar-refractivity contribution in [3.63, 3.8) is 0 Å². The Morgan fingerprint density at radius 3 is 2.47 bits per heavy atom. The molecule has 186 valence electrons. The van der Waals surface area contributed by atoms with Crippen LogP contribution in [0.4, 0.5) is 0 Å². The molecule has 0 radical (unpaired) electrons. The number of rotatable bonds is 5. The summed E-state index contributed by atoms with van der Waals surface area (Å²) < 4.78 is 1.68. The number of piperidine rings is 1. The first kappa shape index (κ1) is 23.9. The molecule has 1 aliphatic rings. The van der Waals surface area contributed by atoms with Gasteiger partial charge >= 0.3 is 0 Å². The zero-order valence-electron chi connectivity index (χ0n) is 21.3. The predicted molar refractivity (Wildman–Crippen MR) is 139 cm³/mol. The summed E-state index contributed by atoms with van der Waals surface area (Å²) in [5.41, 5.74) is 6.13. The van der Waals surface area contributed by atoms with Crippen LogP contribution in [0.3, 0.4) is 0 Å². The number of nitrogens with zero attached hydrogens (tertiary/aromatic N) is 5. The van der Waals surface area contributed by atoms with Crippen LogP contribution in [-0.2, 0) is 11.3 Å². The average Bonchev–Trinajstić information content (AvgIpc) is 3.29. The lowest BCUT2D eigenvalue weighted by atomic mass is 9.91. The molecule has 1 amide bonds. The summed E-state index contributed by atoms with van der Waals surface area (Å²) in [5.74, 6) is 0.692. The molecular weight excluding hydrogens is 452 g/mol. The first-order valence-corrected chi connectivity index (χ1v) is 12.5. The van der Waals surface area contributed by atoms with Crippen molar-refractivity contribution in [2.75, 3.05) is 13.1 Å². The molecule has 0 aliphatic carbocycles. The molecule has 4 aromatic rings. The van der Waals surface area contributed by atoms with Crippen LogP contribution in [0.1, 0.15) is 65.2 Å². The molecule has 8 nitrogen and oxygen atoms in total. The second-order valence-electron chi connectivity index (χ2n) is 10.0. The summed E-state index contributed by atoms with van der Waals surface area (Å²) in [4.78, 5) is 35.7. The third kappa shape index (κ3) is 4.67. The highest BCUT2D eigenvalue weighted by atomic mass is 16.2. The first-order valence-electron chi connectivity index (χ1n) is 12.5. The van der Waals surface area contributed by atoms with Crippen molar-refractivity contribution in [2.45, 2.75) is 58.9 Å². The molecule has 5 rings (SSSR count). The fraction of sp³-hybridized carbons (Fsp3) is 0.393. The number of benzene rings is 2. The number of aryl methyl sites for hydroxylation is 3. The third-order valence-electron chi connectivity index (χ3n) is 7.31. The molecular formula is C28H32N6O2. The van der Waals surface area contributed by atoms with Crippen LogP contribution < -0.4 is 5.56 Å².